The van der Waals surface area contributed by atoms with E-state index in [4.69, 9.17) is 14.6 Å². The molecule has 24 heavy (non-hydrogen) atoms. The molecule has 1 aromatic heterocycles. The first-order chi connectivity index (χ1) is 11.7. The SMILES string of the molecule is COc1ccccc1-c1cn(-c2ccccc2)nc1OCC(=O)O. The Kier molecular flexibility index (Phi) is 4.47. The minimum absolute atomic E-state index is 0.241. The normalized spacial score (nSPS) is 10.4. The van der Waals surface area contributed by atoms with Crippen molar-refractivity contribution >= 4 is 5.97 Å². The van der Waals surface area contributed by atoms with Gasteiger partial charge in [0.05, 0.1) is 18.4 Å². The standard InChI is InChI=1S/C18H16N2O4/c1-23-16-10-6-5-9-14(16)15-11-20(13-7-3-2-4-8-13)19-18(15)24-12-17(21)22/h2-11H,12H2,1H3,(H,21,22). The van der Waals surface area contributed by atoms with Crippen LogP contribution in [-0.4, -0.2) is 34.6 Å². The van der Waals surface area contributed by atoms with Crippen molar-refractivity contribution in [2.75, 3.05) is 13.7 Å². The van der Waals surface area contributed by atoms with Gasteiger partial charge in [0.1, 0.15) is 5.75 Å². The van der Waals surface area contributed by atoms with Gasteiger partial charge < -0.3 is 14.6 Å². The Labute approximate surface area is 138 Å². The van der Waals surface area contributed by atoms with E-state index in [1.54, 1.807) is 18.0 Å². The first-order valence-corrected chi connectivity index (χ1v) is 7.32. The Morgan fingerprint density at radius 1 is 1.08 bits per heavy atom. The summed E-state index contributed by atoms with van der Waals surface area (Å²) in [7, 11) is 1.58. The molecule has 6 heteroatoms. The van der Waals surface area contributed by atoms with Gasteiger partial charge in [-0.2, -0.15) is 0 Å². The molecule has 3 aromatic rings. The van der Waals surface area contributed by atoms with Crippen LogP contribution in [0.3, 0.4) is 0 Å². The fraction of sp³-hybridized carbons (Fsp3) is 0.111. The lowest BCUT2D eigenvalue weighted by atomic mass is 10.1. The summed E-state index contributed by atoms with van der Waals surface area (Å²) in [5, 5.41) is 13.3. The molecule has 0 atom stereocenters. The number of nitrogens with zero attached hydrogens (tertiary/aromatic N) is 2. The van der Waals surface area contributed by atoms with Gasteiger partial charge in [-0.05, 0) is 18.2 Å². The molecule has 0 amide bonds. The summed E-state index contributed by atoms with van der Waals surface area (Å²) >= 11 is 0. The second-order valence-electron chi connectivity index (χ2n) is 5.01. The number of hydrogen-bond acceptors (Lipinski definition) is 4. The van der Waals surface area contributed by atoms with Crippen LogP contribution in [0.15, 0.2) is 60.8 Å². The van der Waals surface area contributed by atoms with Crippen molar-refractivity contribution in [1.82, 2.24) is 9.78 Å². The summed E-state index contributed by atoms with van der Waals surface area (Å²) in [4.78, 5) is 10.8. The lowest BCUT2D eigenvalue weighted by Gasteiger charge is -2.07. The van der Waals surface area contributed by atoms with Crippen LogP contribution in [0.4, 0.5) is 0 Å². The molecule has 0 aliphatic rings. The van der Waals surface area contributed by atoms with E-state index in [1.807, 2.05) is 54.6 Å². The van der Waals surface area contributed by atoms with Crippen LogP contribution in [0.5, 0.6) is 11.6 Å². The first-order valence-electron chi connectivity index (χ1n) is 7.32. The van der Waals surface area contributed by atoms with Gasteiger partial charge >= 0.3 is 5.97 Å². The number of methoxy groups -OCH3 is 1. The molecule has 0 saturated heterocycles. The zero-order valence-corrected chi connectivity index (χ0v) is 13.0. The summed E-state index contributed by atoms with van der Waals surface area (Å²) in [6, 6.07) is 17.0. The highest BCUT2D eigenvalue weighted by Gasteiger charge is 2.17. The van der Waals surface area contributed by atoms with E-state index in [0.29, 0.717) is 11.3 Å². The van der Waals surface area contributed by atoms with Gasteiger partial charge in [0.25, 0.3) is 0 Å². The maximum absolute atomic E-state index is 10.8. The summed E-state index contributed by atoms with van der Waals surface area (Å²) in [5.41, 5.74) is 2.29. The van der Waals surface area contributed by atoms with Crippen molar-refractivity contribution in [3.8, 4) is 28.4 Å². The molecule has 0 bridgehead atoms. The van der Waals surface area contributed by atoms with Crippen molar-refractivity contribution in [3.05, 3.63) is 60.8 Å². The van der Waals surface area contributed by atoms with Crippen LogP contribution in [0.1, 0.15) is 0 Å². The van der Waals surface area contributed by atoms with E-state index in [-0.39, 0.29) is 5.88 Å². The average molecular weight is 324 g/mol. The average Bonchev–Trinajstić information content (AvgIpc) is 3.04. The topological polar surface area (TPSA) is 73.6 Å². The molecular weight excluding hydrogens is 308 g/mol. The molecule has 0 radical (unpaired) electrons. The van der Waals surface area contributed by atoms with Gasteiger partial charge in [0.2, 0.25) is 5.88 Å². The fourth-order valence-corrected chi connectivity index (χ4v) is 2.36. The molecule has 1 heterocycles. The number of carboxylic acids is 1. The van der Waals surface area contributed by atoms with Crippen LogP contribution in [0.2, 0.25) is 0 Å². The number of carboxylic acid groups (broad SMARTS) is 1. The van der Waals surface area contributed by atoms with Gasteiger partial charge in [-0.3, -0.25) is 0 Å². The minimum Gasteiger partial charge on any atom is -0.496 e. The second-order valence-corrected chi connectivity index (χ2v) is 5.01. The van der Waals surface area contributed by atoms with Crippen LogP contribution in [0.25, 0.3) is 16.8 Å². The molecule has 1 N–H and O–H groups in total. The quantitative estimate of drug-likeness (QED) is 0.754. The summed E-state index contributed by atoms with van der Waals surface area (Å²) in [5.74, 6) is -0.161. The monoisotopic (exact) mass is 324 g/mol. The predicted molar refractivity (Wildman–Crippen MR) is 88.7 cm³/mol. The van der Waals surface area contributed by atoms with Gasteiger partial charge in [-0.15, -0.1) is 5.10 Å². The van der Waals surface area contributed by atoms with Crippen molar-refractivity contribution in [3.63, 3.8) is 0 Å². The van der Waals surface area contributed by atoms with Gasteiger partial charge in [-0.1, -0.05) is 36.4 Å². The van der Waals surface area contributed by atoms with E-state index in [2.05, 4.69) is 5.10 Å². The molecule has 0 spiro atoms. The predicted octanol–water partition coefficient (Wildman–Crippen LogP) is 3.01. The van der Waals surface area contributed by atoms with Crippen LogP contribution in [-0.2, 0) is 4.79 Å². The highest BCUT2D eigenvalue weighted by Crippen LogP contribution is 2.36. The lowest BCUT2D eigenvalue weighted by molar-refractivity contribution is -0.139. The zero-order chi connectivity index (χ0) is 16.9. The second kappa shape index (κ2) is 6.87. The van der Waals surface area contributed by atoms with Crippen molar-refractivity contribution < 1.29 is 19.4 Å². The number of ether oxygens (including phenoxy) is 2. The Balaban J connectivity index is 2.09. The number of rotatable bonds is 6. The van der Waals surface area contributed by atoms with Crippen LogP contribution < -0.4 is 9.47 Å². The third-order valence-corrected chi connectivity index (χ3v) is 3.43. The van der Waals surface area contributed by atoms with Crippen molar-refractivity contribution in [1.29, 1.82) is 0 Å². The highest BCUT2D eigenvalue weighted by molar-refractivity contribution is 5.75. The third-order valence-electron chi connectivity index (χ3n) is 3.43. The Bertz CT molecular complexity index is 843. The fourth-order valence-electron chi connectivity index (χ4n) is 2.36. The van der Waals surface area contributed by atoms with E-state index in [1.165, 1.54) is 0 Å². The highest BCUT2D eigenvalue weighted by atomic mass is 16.5. The summed E-state index contributed by atoms with van der Waals surface area (Å²) in [6.45, 7) is -0.464. The first kappa shape index (κ1) is 15.6. The Hall–Kier alpha value is -3.28. The third kappa shape index (κ3) is 3.22. The van der Waals surface area contributed by atoms with Gasteiger partial charge in [-0.25, -0.2) is 9.48 Å². The Morgan fingerprint density at radius 2 is 1.79 bits per heavy atom. The van der Waals surface area contributed by atoms with E-state index in [9.17, 15) is 4.79 Å². The molecule has 2 aromatic carbocycles. The summed E-state index contributed by atoms with van der Waals surface area (Å²) in [6.07, 6.45) is 1.80. The maximum atomic E-state index is 10.8. The van der Waals surface area contributed by atoms with Crippen molar-refractivity contribution in [2.24, 2.45) is 0 Å². The largest absolute Gasteiger partial charge is 0.496 e. The molecule has 0 fully saturated rings. The van der Waals surface area contributed by atoms with E-state index in [0.717, 1.165) is 11.3 Å². The molecule has 122 valence electrons. The molecular formula is C18H16N2O4. The lowest BCUT2D eigenvalue weighted by Crippen LogP contribution is -2.10. The number of para-hydroxylation sites is 2. The smallest absolute Gasteiger partial charge is 0.341 e. The molecule has 0 aliphatic heterocycles. The Morgan fingerprint density at radius 3 is 2.50 bits per heavy atom. The molecule has 0 aliphatic carbocycles. The van der Waals surface area contributed by atoms with Gasteiger partial charge in [0.15, 0.2) is 6.61 Å². The number of aromatic nitrogens is 2. The maximum Gasteiger partial charge on any atom is 0.341 e. The number of hydrogen-bond donors (Lipinski definition) is 1. The van der Waals surface area contributed by atoms with Gasteiger partial charge in [0, 0.05) is 11.8 Å². The zero-order valence-electron chi connectivity index (χ0n) is 13.0. The van der Waals surface area contributed by atoms with Crippen LogP contribution in [0, 0.1) is 0 Å². The molecule has 0 unspecified atom stereocenters. The molecule has 6 nitrogen and oxygen atoms in total. The number of aliphatic carboxylic acids is 1. The molecule has 0 saturated carbocycles. The van der Waals surface area contributed by atoms with E-state index >= 15 is 0 Å². The van der Waals surface area contributed by atoms with Crippen molar-refractivity contribution in [2.45, 2.75) is 0 Å². The molecule has 3 rings (SSSR count). The van der Waals surface area contributed by atoms with E-state index < -0.39 is 12.6 Å². The summed E-state index contributed by atoms with van der Waals surface area (Å²) < 4.78 is 12.4. The minimum atomic E-state index is -1.06. The number of carbonyl (C=O) groups is 1. The number of benzene rings is 2. The van der Waals surface area contributed by atoms with Crippen LogP contribution >= 0.6 is 0 Å².